The molecule has 1 saturated carbocycles. The number of sulfone groups is 1. The van der Waals surface area contributed by atoms with Crippen LogP contribution in [0.5, 0.6) is 0 Å². The van der Waals surface area contributed by atoms with Crippen molar-refractivity contribution in [3.63, 3.8) is 0 Å². The molecule has 7 heteroatoms. The van der Waals surface area contributed by atoms with Crippen molar-refractivity contribution < 1.29 is 13.5 Å². The molecule has 0 amide bonds. The molecular weight excluding hydrogens is 302 g/mol. The number of aromatic nitrogens is 2. The van der Waals surface area contributed by atoms with Crippen LogP contribution in [0.15, 0.2) is 6.07 Å². The molecule has 1 aromatic rings. The molecule has 22 heavy (non-hydrogen) atoms. The predicted octanol–water partition coefficient (Wildman–Crippen LogP) is 1.11. The molecule has 1 N–H and O–H groups in total. The SMILES string of the molecule is CS(=O)(=O)CC(O)c1cc2n(n1)CCN(C1CCCCC1)C2. The summed E-state index contributed by atoms with van der Waals surface area (Å²) in [5, 5.41) is 14.4. The van der Waals surface area contributed by atoms with E-state index in [1.807, 2.05) is 10.7 Å². The van der Waals surface area contributed by atoms with E-state index in [0.717, 1.165) is 31.6 Å². The Balaban J connectivity index is 1.69. The van der Waals surface area contributed by atoms with Gasteiger partial charge in [0, 0.05) is 25.4 Å². The summed E-state index contributed by atoms with van der Waals surface area (Å²) < 4.78 is 24.5. The van der Waals surface area contributed by atoms with Crippen LogP contribution in [0.4, 0.5) is 0 Å². The van der Waals surface area contributed by atoms with Crippen LogP contribution in [0.25, 0.3) is 0 Å². The van der Waals surface area contributed by atoms with Gasteiger partial charge in [-0.1, -0.05) is 19.3 Å². The second-order valence-electron chi connectivity index (χ2n) is 6.65. The van der Waals surface area contributed by atoms with Crippen LogP contribution in [0, 0.1) is 0 Å². The summed E-state index contributed by atoms with van der Waals surface area (Å²) >= 11 is 0. The highest BCUT2D eigenvalue weighted by molar-refractivity contribution is 7.90. The van der Waals surface area contributed by atoms with Crippen molar-refractivity contribution in [1.82, 2.24) is 14.7 Å². The van der Waals surface area contributed by atoms with Crippen molar-refractivity contribution in [2.75, 3.05) is 18.6 Å². The van der Waals surface area contributed by atoms with E-state index in [4.69, 9.17) is 0 Å². The molecule has 6 nitrogen and oxygen atoms in total. The Bertz CT molecular complexity index is 620. The average Bonchev–Trinajstić information content (AvgIpc) is 2.89. The van der Waals surface area contributed by atoms with Crippen LogP contribution in [0.3, 0.4) is 0 Å². The van der Waals surface area contributed by atoms with Crippen molar-refractivity contribution >= 4 is 9.84 Å². The molecule has 0 aromatic carbocycles. The molecule has 2 heterocycles. The zero-order chi connectivity index (χ0) is 15.7. The van der Waals surface area contributed by atoms with E-state index in [1.165, 1.54) is 32.1 Å². The van der Waals surface area contributed by atoms with E-state index in [-0.39, 0.29) is 5.75 Å². The lowest BCUT2D eigenvalue weighted by molar-refractivity contribution is 0.119. The maximum Gasteiger partial charge on any atom is 0.150 e. The average molecular weight is 327 g/mol. The number of aliphatic hydroxyl groups excluding tert-OH is 1. The summed E-state index contributed by atoms with van der Waals surface area (Å²) in [6.07, 6.45) is 6.64. The largest absolute Gasteiger partial charge is 0.386 e. The molecule has 2 aliphatic rings. The Hall–Kier alpha value is -0.920. The summed E-state index contributed by atoms with van der Waals surface area (Å²) in [6, 6.07) is 2.53. The molecule has 0 radical (unpaired) electrons. The molecule has 3 rings (SSSR count). The Morgan fingerprint density at radius 2 is 2.05 bits per heavy atom. The van der Waals surface area contributed by atoms with E-state index in [9.17, 15) is 13.5 Å². The smallest absolute Gasteiger partial charge is 0.150 e. The van der Waals surface area contributed by atoms with E-state index in [1.54, 1.807) is 0 Å². The fourth-order valence-electron chi connectivity index (χ4n) is 3.60. The standard InChI is InChI=1S/C15H25N3O3S/c1-22(20,21)11-15(19)14-9-13-10-17(7-8-18(13)16-14)12-5-3-2-4-6-12/h9,12,15,19H,2-8,10-11H2,1H3. The summed E-state index contributed by atoms with van der Waals surface area (Å²) in [6.45, 7) is 2.65. The first-order chi connectivity index (χ1) is 10.4. The lowest BCUT2D eigenvalue weighted by Crippen LogP contribution is -2.42. The molecule has 0 spiro atoms. The maximum atomic E-state index is 11.3. The minimum Gasteiger partial charge on any atom is -0.386 e. The summed E-state index contributed by atoms with van der Waals surface area (Å²) in [4.78, 5) is 2.52. The van der Waals surface area contributed by atoms with Crippen LogP contribution in [0.1, 0.15) is 49.6 Å². The van der Waals surface area contributed by atoms with Crippen LogP contribution in [-0.4, -0.2) is 52.8 Å². The van der Waals surface area contributed by atoms with Gasteiger partial charge in [0.05, 0.1) is 23.7 Å². The fraction of sp³-hybridized carbons (Fsp3) is 0.800. The third-order valence-corrected chi connectivity index (χ3v) is 5.66. The van der Waals surface area contributed by atoms with Gasteiger partial charge in [-0.15, -0.1) is 0 Å². The number of hydrogen-bond donors (Lipinski definition) is 1. The van der Waals surface area contributed by atoms with Gasteiger partial charge in [0.15, 0.2) is 0 Å². The Labute approximate surface area is 132 Å². The van der Waals surface area contributed by atoms with Crippen LogP contribution < -0.4 is 0 Å². The number of hydrogen-bond acceptors (Lipinski definition) is 5. The Morgan fingerprint density at radius 1 is 1.32 bits per heavy atom. The molecule has 1 aromatic heterocycles. The van der Waals surface area contributed by atoms with Gasteiger partial charge in [-0.2, -0.15) is 5.10 Å². The summed E-state index contributed by atoms with van der Waals surface area (Å²) in [5.74, 6) is -0.268. The van der Waals surface area contributed by atoms with Crippen molar-refractivity contribution in [2.24, 2.45) is 0 Å². The highest BCUT2D eigenvalue weighted by atomic mass is 32.2. The predicted molar refractivity (Wildman–Crippen MR) is 84.2 cm³/mol. The summed E-state index contributed by atoms with van der Waals surface area (Å²) in [5.41, 5.74) is 1.56. The highest BCUT2D eigenvalue weighted by Crippen LogP contribution is 2.27. The molecule has 1 atom stereocenters. The minimum absolute atomic E-state index is 0.268. The zero-order valence-electron chi connectivity index (χ0n) is 13.1. The molecule has 1 unspecified atom stereocenters. The molecule has 1 aliphatic carbocycles. The van der Waals surface area contributed by atoms with Crippen molar-refractivity contribution in [3.8, 4) is 0 Å². The van der Waals surface area contributed by atoms with Crippen molar-refractivity contribution in [3.05, 3.63) is 17.5 Å². The van der Waals surface area contributed by atoms with Crippen LogP contribution >= 0.6 is 0 Å². The number of aliphatic hydroxyl groups is 1. The lowest BCUT2D eigenvalue weighted by atomic mass is 9.94. The fourth-order valence-corrected chi connectivity index (χ4v) is 4.35. The van der Waals surface area contributed by atoms with Gasteiger partial charge in [0.2, 0.25) is 0 Å². The van der Waals surface area contributed by atoms with Gasteiger partial charge < -0.3 is 5.11 Å². The van der Waals surface area contributed by atoms with E-state index < -0.39 is 15.9 Å². The molecule has 1 aliphatic heterocycles. The number of fused-ring (bicyclic) bond motifs is 1. The van der Waals surface area contributed by atoms with Gasteiger partial charge in [-0.05, 0) is 18.9 Å². The second kappa shape index (κ2) is 6.29. The van der Waals surface area contributed by atoms with Gasteiger partial charge >= 0.3 is 0 Å². The maximum absolute atomic E-state index is 11.3. The van der Waals surface area contributed by atoms with Gasteiger partial charge in [0.25, 0.3) is 0 Å². The Kier molecular flexibility index (Phi) is 4.56. The Morgan fingerprint density at radius 3 is 2.73 bits per heavy atom. The van der Waals surface area contributed by atoms with Crippen LogP contribution in [0.2, 0.25) is 0 Å². The first-order valence-electron chi connectivity index (χ1n) is 8.09. The zero-order valence-corrected chi connectivity index (χ0v) is 13.9. The molecule has 124 valence electrons. The van der Waals surface area contributed by atoms with Crippen LogP contribution in [-0.2, 0) is 22.9 Å². The minimum atomic E-state index is -3.21. The van der Waals surface area contributed by atoms with E-state index in [0.29, 0.717) is 11.7 Å². The molecule has 0 bridgehead atoms. The quantitative estimate of drug-likeness (QED) is 0.896. The van der Waals surface area contributed by atoms with Crippen molar-refractivity contribution in [1.29, 1.82) is 0 Å². The number of nitrogens with zero attached hydrogens (tertiary/aromatic N) is 3. The topological polar surface area (TPSA) is 75.4 Å². The molecule has 1 fully saturated rings. The molecule has 0 saturated heterocycles. The molecular formula is C15H25N3O3S. The first-order valence-corrected chi connectivity index (χ1v) is 10.1. The van der Waals surface area contributed by atoms with Gasteiger partial charge in [-0.3, -0.25) is 9.58 Å². The van der Waals surface area contributed by atoms with Crippen molar-refractivity contribution in [2.45, 2.75) is 57.3 Å². The third kappa shape index (κ3) is 3.70. The lowest BCUT2D eigenvalue weighted by Gasteiger charge is -2.36. The number of rotatable bonds is 4. The van der Waals surface area contributed by atoms with Gasteiger partial charge in [0.1, 0.15) is 15.9 Å². The normalized spacial score (nSPS) is 22.5. The van der Waals surface area contributed by atoms with E-state index in [2.05, 4.69) is 10.00 Å². The van der Waals surface area contributed by atoms with E-state index >= 15 is 0 Å². The summed E-state index contributed by atoms with van der Waals surface area (Å²) in [7, 11) is -3.21. The highest BCUT2D eigenvalue weighted by Gasteiger charge is 2.27. The monoisotopic (exact) mass is 327 g/mol. The van der Waals surface area contributed by atoms with Gasteiger partial charge in [-0.25, -0.2) is 8.42 Å². The first kappa shape index (κ1) is 16.0. The second-order valence-corrected chi connectivity index (χ2v) is 8.84. The third-order valence-electron chi connectivity index (χ3n) is 4.74.